The van der Waals surface area contributed by atoms with Gasteiger partial charge in [0.1, 0.15) is 0 Å². The number of rotatable bonds is 5. The molecule has 0 aliphatic rings. The van der Waals surface area contributed by atoms with Crippen molar-refractivity contribution in [3.63, 3.8) is 0 Å². The number of aromatic nitrogens is 2. The van der Waals surface area contributed by atoms with Gasteiger partial charge in [0, 0.05) is 18.9 Å². The Hall–Kier alpha value is -2.63. The summed E-state index contributed by atoms with van der Waals surface area (Å²) >= 11 is 0. The number of H-pyrrole nitrogens is 1. The van der Waals surface area contributed by atoms with Crippen LogP contribution in [0.3, 0.4) is 0 Å². The summed E-state index contributed by atoms with van der Waals surface area (Å²) in [6, 6.07) is 3.67. The molecule has 1 aromatic heterocycles. The maximum absolute atomic E-state index is 11.8. The summed E-state index contributed by atoms with van der Waals surface area (Å²) in [6.07, 6.45) is 6.16. The van der Waals surface area contributed by atoms with Crippen molar-refractivity contribution in [2.45, 2.75) is 13.3 Å². The number of nitrogens with one attached hydrogen (secondary N) is 2. The maximum Gasteiger partial charge on any atom is 0.338 e. The number of nitrogens with zero attached hydrogens (tertiary/aromatic N) is 1. The first-order valence-corrected chi connectivity index (χ1v) is 6.58. The van der Waals surface area contributed by atoms with E-state index in [4.69, 9.17) is 4.74 Å². The van der Waals surface area contributed by atoms with Gasteiger partial charge in [-0.3, -0.25) is 9.89 Å². The number of carbonyl (C=O) groups excluding carboxylic acids is 2. The lowest BCUT2D eigenvalue weighted by Gasteiger charge is -2.03. The van der Waals surface area contributed by atoms with E-state index in [1.807, 2.05) is 18.2 Å². The maximum atomic E-state index is 11.8. The van der Waals surface area contributed by atoms with Crippen LogP contribution in [0.25, 0.3) is 17.0 Å². The van der Waals surface area contributed by atoms with E-state index in [0.29, 0.717) is 18.5 Å². The molecule has 0 spiro atoms. The number of carbonyl (C=O) groups is 2. The Labute approximate surface area is 122 Å². The Balaban J connectivity index is 2.18. The zero-order valence-electron chi connectivity index (χ0n) is 12.0. The number of hydrogen-bond donors (Lipinski definition) is 2. The quantitative estimate of drug-likeness (QED) is 0.649. The summed E-state index contributed by atoms with van der Waals surface area (Å²) < 4.78 is 4.79. The van der Waals surface area contributed by atoms with Gasteiger partial charge in [-0.2, -0.15) is 5.10 Å². The van der Waals surface area contributed by atoms with Crippen molar-refractivity contribution < 1.29 is 14.3 Å². The van der Waals surface area contributed by atoms with Gasteiger partial charge in [-0.05, 0) is 24.1 Å². The second kappa shape index (κ2) is 6.69. The zero-order chi connectivity index (χ0) is 15.2. The minimum Gasteiger partial charge on any atom is -0.465 e. The predicted molar refractivity (Wildman–Crippen MR) is 79.8 cm³/mol. The first-order chi connectivity index (χ1) is 10.1. The van der Waals surface area contributed by atoms with Crippen molar-refractivity contribution in [3.8, 4) is 0 Å². The Bertz CT molecular complexity index is 689. The molecule has 1 amide bonds. The fourth-order valence-corrected chi connectivity index (χ4v) is 2.00. The van der Waals surface area contributed by atoms with Crippen molar-refractivity contribution in [1.82, 2.24) is 15.5 Å². The molecule has 0 aliphatic heterocycles. The minimum absolute atomic E-state index is 0.0461. The summed E-state index contributed by atoms with van der Waals surface area (Å²) in [5.41, 5.74) is 2.12. The number of amides is 1. The van der Waals surface area contributed by atoms with Crippen LogP contribution >= 0.6 is 0 Å². The normalized spacial score (nSPS) is 11.0. The lowest BCUT2D eigenvalue weighted by atomic mass is 10.1. The van der Waals surface area contributed by atoms with E-state index in [1.165, 1.54) is 14.0 Å². The Morgan fingerprint density at radius 3 is 2.95 bits per heavy atom. The highest BCUT2D eigenvalue weighted by atomic mass is 16.5. The molecule has 0 unspecified atom stereocenters. The molecule has 2 rings (SSSR count). The largest absolute Gasteiger partial charge is 0.465 e. The third-order valence-corrected chi connectivity index (χ3v) is 2.98. The van der Waals surface area contributed by atoms with Crippen LogP contribution in [0.15, 0.2) is 24.4 Å². The van der Waals surface area contributed by atoms with E-state index in [1.54, 1.807) is 12.3 Å². The van der Waals surface area contributed by atoms with E-state index >= 15 is 0 Å². The van der Waals surface area contributed by atoms with Crippen LogP contribution in [-0.2, 0) is 9.53 Å². The lowest BCUT2D eigenvalue weighted by Crippen LogP contribution is -2.20. The Kier molecular flexibility index (Phi) is 4.71. The van der Waals surface area contributed by atoms with Gasteiger partial charge in [-0.25, -0.2) is 4.79 Å². The number of esters is 1. The molecular weight excluding hydrogens is 270 g/mol. The van der Waals surface area contributed by atoms with Crippen LogP contribution in [0.4, 0.5) is 0 Å². The molecule has 0 radical (unpaired) electrons. The van der Waals surface area contributed by atoms with Gasteiger partial charge in [-0.1, -0.05) is 12.2 Å². The average Bonchev–Trinajstić information content (AvgIpc) is 2.93. The molecule has 110 valence electrons. The molecule has 6 heteroatoms. The molecule has 0 saturated heterocycles. The molecule has 0 saturated carbocycles. The van der Waals surface area contributed by atoms with Gasteiger partial charge in [0.2, 0.25) is 5.91 Å². The van der Waals surface area contributed by atoms with Crippen LogP contribution in [0.5, 0.6) is 0 Å². The van der Waals surface area contributed by atoms with Crippen LogP contribution < -0.4 is 5.32 Å². The molecule has 21 heavy (non-hydrogen) atoms. The summed E-state index contributed by atoms with van der Waals surface area (Å²) in [7, 11) is 1.35. The van der Waals surface area contributed by atoms with E-state index < -0.39 is 5.97 Å². The molecule has 2 N–H and O–H groups in total. The number of fused-ring (bicyclic) bond motifs is 1. The summed E-state index contributed by atoms with van der Waals surface area (Å²) in [5, 5.41) is 10.2. The van der Waals surface area contributed by atoms with Crippen LogP contribution in [0.1, 0.15) is 29.3 Å². The molecule has 2 aromatic rings. The summed E-state index contributed by atoms with van der Waals surface area (Å²) in [6.45, 7) is 2.07. The molecule has 0 bridgehead atoms. The van der Waals surface area contributed by atoms with E-state index in [2.05, 4.69) is 15.5 Å². The SMILES string of the molecule is COC(=O)c1cc(C=CCCNC(C)=O)cc2[nH]ncc12. The highest BCUT2D eigenvalue weighted by molar-refractivity contribution is 6.04. The van der Waals surface area contributed by atoms with E-state index in [9.17, 15) is 9.59 Å². The van der Waals surface area contributed by atoms with Crippen molar-refractivity contribution in [2.24, 2.45) is 0 Å². The second-order valence-corrected chi connectivity index (χ2v) is 4.57. The van der Waals surface area contributed by atoms with Gasteiger partial charge < -0.3 is 10.1 Å². The van der Waals surface area contributed by atoms with E-state index in [0.717, 1.165) is 16.5 Å². The van der Waals surface area contributed by atoms with Crippen LogP contribution in [0.2, 0.25) is 0 Å². The molecule has 1 heterocycles. The third-order valence-electron chi connectivity index (χ3n) is 2.98. The monoisotopic (exact) mass is 287 g/mol. The standard InChI is InChI=1S/C15H17N3O3/c1-10(19)16-6-4-3-5-11-7-12(15(20)21-2)13-9-17-18-14(13)8-11/h3,5,7-9H,4,6H2,1-2H3,(H,16,19)(H,17,18). The summed E-state index contributed by atoms with van der Waals surface area (Å²) in [4.78, 5) is 22.5. The third kappa shape index (κ3) is 3.68. The smallest absolute Gasteiger partial charge is 0.338 e. The van der Waals surface area contributed by atoms with Gasteiger partial charge in [-0.15, -0.1) is 0 Å². The van der Waals surface area contributed by atoms with Gasteiger partial charge in [0.25, 0.3) is 0 Å². The predicted octanol–water partition coefficient (Wildman–Crippen LogP) is 1.89. The minimum atomic E-state index is -0.394. The molecule has 6 nitrogen and oxygen atoms in total. The summed E-state index contributed by atoms with van der Waals surface area (Å²) in [5.74, 6) is -0.440. The number of aromatic amines is 1. The highest BCUT2D eigenvalue weighted by Crippen LogP contribution is 2.21. The van der Waals surface area contributed by atoms with Crippen molar-refractivity contribution >= 4 is 28.9 Å². The number of methoxy groups -OCH3 is 1. The lowest BCUT2D eigenvalue weighted by molar-refractivity contribution is -0.118. The van der Waals surface area contributed by atoms with Gasteiger partial charge in [0.15, 0.2) is 0 Å². The topological polar surface area (TPSA) is 84.1 Å². The molecular formula is C15H17N3O3. The van der Waals surface area contributed by atoms with Crippen molar-refractivity contribution in [3.05, 3.63) is 35.5 Å². The Morgan fingerprint density at radius 1 is 1.43 bits per heavy atom. The first-order valence-electron chi connectivity index (χ1n) is 6.58. The van der Waals surface area contributed by atoms with Crippen molar-refractivity contribution in [2.75, 3.05) is 13.7 Å². The molecule has 0 fully saturated rings. The number of ether oxygens (including phenoxy) is 1. The van der Waals surface area contributed by atoms with Gasteiger partial charge in [0.05, 0.1) is 24.4 Å². The van der Waals surface area contributed by atoms with E-state index in [-0.39, 0.29) is 5.91 Å². The van der Waals surface area contributed by atoms with Gasteiger partial charge >= 0.3 is 5.97 Å². The van der Waals surface area contributed by atoms with Crippen LogP contribution in [-0.4, -0.2) is 35.7 Å². The second-order valence-electron chi connectivity index (χ2n) is 4.57. The fourth-order valence-electron chi connectivity index (χ4n) is 2.00. The van der Waals surface area contributed by atoms with Crippen molar-refractivity contribution in [1.29, 1.82) is 0 Å². The Morgan fingerprint density at radius 2 is 2.24 bits per heavy atom. The highest BCUT2D eigenvalue weighted by Gasteiger charge is 2.12. The van der Waals surface area contributed by atoms with Crippen LogP contribution in [0, 0.1) is 0 Å². The fraction of sp³-hybridized carbons (Fsp3) is 0.267. The zero-order valence-corrected chi connectivity index (χ0v) is 12.0. The number of benzene rings is 1. The molecule has 0 atom stereocenters. The number of hydrogen-bond acceptors (Lipinski definition) is 4. The average molecular weight is 287 g/mol. The first kappa shape index (κ1) is 14.8. The molecule has 0 aliphatic carbocycles. The molecule has 1 aromatic carbocycles.